The molecule has 3 aliphatic heterocycles. The van der Waals surface area contributed by atoms with E-state index in [1.807, 2.05) is 43.3 Å². The fraction of sp³-hybridized carbons (Fsp3) is 0.630. The van der Waals surface area contributed by atoms with Crippen LogP contribution < -0.4 is 10.2 Å². The first kappa shape index (κ1) is 22.5. The summed E-state index contributed by atoms with van der Waals surface area (Å²) in [6.07, 6.45) is 9.11. The van der Waals surface area contributed by atoms with E-state index >= 15 is 0 Å². The Morgan fingerprint density at radius 3 is 2.55 bits per heavy atom. The second kappa shape index (κ2) is 9.49. The number of amides is 1. The van der Waals surface area contributed by atoms with Gasteiger partial charge in [-0.15, -0.1) is 0 Å². The Labute approximate surface area is 198 Å². The number of benzene rings is 1. The molecule has 3 saturated heterocycles. The molecule has 1 saturated carbocycles. The minimum absolute atomic E-state index is 0.0308. The SMILES string of the molecule is CN(C)c1ccc(C(=O)NCC2CC3CCN2CC3c2cc(C3CCCCC3)nn2C)cc1. The lowest BCUT2D eigenvalue weighted by Crippen LogP contribution is -2.56. The van der Waals surface area contributed by atoms with Crippen LogP contribution in [0, 0.1) is 5.92 Å². The number of nitrogens with one attached hydrogen (secondary N) is 1. The zero-order valence-electron chi connectivity index (χ0n) is 20.5. The first-order chi connectivity index (χ1) is 16.0. The molecule has 4 unspecified atom stereocenters. The van der Waals surface area contributed by atoms with E-state index in [0.29, 0.717) is 23.8 Å². The van der Waals surface area contributed by atoms with Gasteiger partial charge in [-0.2, -0.15) is 5.10 Å². The van der Waals surface area contributed by atoms with Gasteiger partial charge in [-0.1, -0.05) is 19.3 Å². The van der Waals surface area contributed by atoms with Crippen molar-refractivity contribution >= 4 is 11.6 Å². The van der Waals surface area contributed by atoms with Crippen molar-refractivity contribution in [3.63, 3.8) is 0 Å². The third kappa shape index (κ3) is 4.68. The van der Waals surface area contributed by atoms with Crippen LogP contribution in [0.2, 0.25) is 0 Å². The molecule has 6 heteroatoms. The number of hydrogen-bond acceptors (Lipinski definition) is 4. The molecule has 2 bridgehead atoms. The Morgan fingerprint density at radius 2 is 1.88 bits per heavy atom. The molecule has 0 radical (unpaired) electrons. The summed E-state index contributed by atoms with van der Waals surface area (Å²) in [6.45, 7) is 2.97. The van der Waals surface area contributed by atoms with Gasteiger partial charge in [0.25, 0.3) is 5.91 Å². The van der Waals surface area contributed by atoms with Crippen LogP contribution in [-0.2, 0) is 7.05 Å². The van der Waals surface area contributed by atoms with Gasteiger partial charge in [0.05, 0.1) is 5.69 Å². The molecule has 1 aromatic carbocycles. The molecule has 2 aromatic rings. The summed E-state index contributed by atoms with van der Waals surface area (Å²) in [7, 11) is 6.16. The van der Waals surface area contributed by atoms with Crippen LogP contribution in [0.1, 0.15) is 78.5 Å². The molecule has 4 heterocycles. The normalized spacial score (nSPS) is 27.5. The molecular weight excluding hydrogens is 410 g/mol. The average Bonchev–Trinajstić information content (AvgIpc) is 3.25. The Kier molecular flexibility index (Phi) is 6.46. The minimum atomic E-state index is 0.0308. The first-order valence-electron chi connectivity index (χ1n) is 12.8. The minimum Gasteiger partial charge on any atom is -0.378 e. The van der Waals surface area contributed by atoms with Gasteiger partial charge >= 0.3 is 0 Å². The Hall–Kier alpha value is -2.34. The topological polar surface area (TPSA) is 53.4 Å². The summed E-state index contributed by atoms with van der Waals surface area (Å²) in [5, 5.41) is 8.16. The number of hydrogen-bond donors (Lipinski definition) is 1. The molecule has 33 heavy (non-hydrogen) atoms. The largest absolute Gasteiger partial charge is 0.378 e. The number of fused-ring (bicyclic) bond motifs is 3. The van der Waals surface area contributed by atoms with Crippen molar-refractivity contribution in [3.8, 4) is 0 Å². The second-order valence-electron chi connectivity index (χ2n) is 10.6. The van der Waals surface area contributed by atoms with E-state index < -0.39 is 0 Å². The van der Waals surface area contributed by atoms with Crippen molar-refractivity contribution in [1.29, 1.82) is 0 Å². The number of nitrogens with zero attached hydrogens (tertiary/aromatic N) is 4. The zero-order chi connectivity index (χ0) is 22.9. The Bertz CT molecular complexity index is 959. The number of carbonyl (C=O) groups is 1. The van der Waals surface area contributed by atoms with E-state index in [0.717, 1.165) is 37.3 Å². The number of piperidine rings is 3. The van der Waals surface area contributed by atoms with Gasteiger partial charge in [0.2, 0.25) is 0 Å². The van der Waals surface area contributed by atoms with E-state index in [4.69, 9.17) is 5.10 Å². The van der Waals surface area contributed by atoms with Gasteiger partial charge in [-0.05, 0) is 68.5 Å². The van der Waals surface area contributed by atoms with Crippen molar-refractivity contribution in [2.45, 2.75) is 62.8 Å². The third-order valence-corrected chi connectivity index (χ3v) is 8.36. The molecule has 178 valence electrons. The molecule has 6 rings (SSSR count). The second-order valence-corrected chi connectivity index (χ2v) is 10.6. The monoisotopic (exact) mass is 449 g/mol. The lowest BCUT2D eigenvalue weighted by Gasteiger charge is -2.50. The maximum absolute atomic E-state index is 12.7. The van der Waals surface area contributed by atoms with E-state index in [1.54, 1.807) is 0 Å². The van der Waals surface area contributed by atoms with E-state index in [-0.39, 0.29) is 5.91 Å². The van der Waals surface area contributed by atoms with E-state index in [1.165, 1.54) is 49.9 Å². The molecule has 1 aromatic heterocycles. The molecule has 1 aliphatic carbocycles. The lowest BCUT2D eigenvalue weighted by molar-refractivity contribution is 0.0280. The number of aromatic nitrogens is 2. The summed E-state index contributed by atoms with van der Waals surface area (Å²) >= 11 is 0. The van der Waals surface area contributed by atoms with Crippen molar-refractivity contribution in [3.05, 3.63) is 47.3 Å². The van der Waals surface area contributed by atoms with Crippen LogP contribution in [0.5, 0.6) is 0 Å². The molecule has 1 amide bonds. The highest BCUT2D eigenvalue weighted by atomic mass is 16.1. The smallest absolute Gasteiger partial charge is 0.251 e. The Morgan fingerprint density at radius 1 is 1.12 bits per heavy atom. The summed E-state index contributed by atoms with van der Waals surface area (Å²) in [4.78, 5) is 17.4. The first-order valence-corrected chi connectivity index (χ1v) is 12.8. The van der Waals surface area contributed by atoms with Gasteiger partial charge in [-0.25, -0.2) is 0 Å². The number of anilines is 1. The van der Waals surface area contributed by atoms with Gasteiger partial charge < -0.3 is 10.2 Å². The van der Waals surface area contributed by atoms with Crippen LogP contribution >= 0.6 is 0 Å². The van der Waals surface area contributed by atoms with Crippen LogP contribution in [0.25, 0.3) is 0 Å². The fourth-order valence-corrected chi connectivity index (χ4v) is 6.36. The summed E-state index contributed by atoms with van der Waals surface area (Å²) in [5.74, 6) is 1.95. The van der Waals surface area contributed by atoms with Crippen molar-refractivity contribution in [2.75, 3.05) is 38.6 Å². The average molecular weight is 450 g/mol. The lowest BCUT2D eigenvalue weighted by atomic mass is 9.74. The molecule has 4 fully saturated rings. The summed E-state index contributed by atoms with van der Waals surface area (Å²) in [5.41, 5.74) is 4.59. The maximum atomic E-state index is 12.7. The van der Waals surface area contributed by atoms with Gasteiger partial charge in [-0.3, -0.25) is 14.4 Å². The molecule has 4 aliphatic rings. The van der Waals surface area contributed by atoms with Gasteiger partial charge in [0.15, 0.2) is 0 Å². The number of rotatable bonds is 6. The highest BCUT2D eigenvalue weighted by Gasteiger charge is 2.42. The number of aryl methyl sites for hydroxylation is 1. The molecule has 1 N–H and O–H groups in total. The molecule has 0 spiro atoms. The van der Waals surface area contributed by atoms with E-state index in [2.05, 4.69) is 28.0 Å². The predicted molar refractivity (Wildman–Crippen MR) is 133 cm³/mol. The van der Waals surface area contributed by atoms with Crippen molar-refractivity contribution < 1.29 is 4.79 Å². The molecular formula is C27H39N5O. The van der Waals surface area contributed by atoms with Gasteiger partial charge in [0, 0.05) is 69.1 Å². The van der Waals surface area contributed by atoms with Gasteiger partial charge in [0.1, 0.15) is 0 Å². The third-order valence-electron chi connectivity index (χ3n) is 8.36. The molecule has 6 nitrogen and oxygen atoms in total. The summed E-state index contributed by atoms with van der Waals surface area (Å²) < 4.78 is 2.17. The van der Waals surface area contributed by atoms with Crippen LogP contribution in [0.3, 0.4) is 0 Å². The zero-order valence-corrected chi connectivity index (χ0v) is 20.5. The van der Waals surface area contributed by atoms with Crippen molar-refractivity contribution in [2.24, 2.45) is 13.0 Å². The quantitative estimate of drug-likeness (QED) is 0.720. The highest BCUT2D eigenvalue weighted by Crippen LogP contribution is 2.43. The van der Waals surface area contributed by atoms with E-state index in [9.17, 15) is 4.79 Å². The molecule has 4 atom stereocenters. The summed E-state index contributed by atoms with van der Waals surface area (Å²) in [6, 6.07) is 10.7. The fourth-order valence-electron chi connectivity index (χ4n) is 6.36. The van der Waals surface area contributed by atoms with Crippen molar-refractivity contribution in [1.82, 2.24) is 20.0 Å². The highest BCUT2D eigenvalue weighted by molar-refractivity contribution is 5.94. The van der Waals surface area contributed by atoms with Crippen LogP contribution in [0.15, 0.2) is 30.3 Å². The van der Waals surface area contributed by atoms with Crippen LogP contribution in [0.4, 0.5) is 5.69 Å². The number of carbonyl (C=O) groups excluding carboxylic acids is 1. The standard InChI is InChI=1S/C27H39N5O/c1-30(2)22-11-9-20(10-12-22)27(33)28-17-23-15-21-13-14-32(23)18-24(21)26-16-25(29-31(26)3)19-7-5-4-6-8-19/h9-12,16,19,21,23-24H,4-8,13-15,17-18H2,1-3H3,(H,28,33). The predicted octanol–water partition coefficient (Wildman–Crippen LogP) is 4.14. The van der Waals surface area contributed by atoms with Crippen LogP contribution in [-0.4, -0.2) is 60.4 Å². The maximum Gasteiger partial charge on any atom is 0.251 e. The Balaban J connectivity index is 1.19.